The van der Waals surface area contributed by atoms with E-state index in [-0.39, 0.29) is 6.54 Å². The van der Waals surface area contributed by atoms with Crippen LogP contribution in [-0.4, -0.2) is 35.0 Å². The SMILES string of the molecule is C#CCN(CC(=O)O)C(=O)C(N)c1ccc(C)cc1. The lowest BCUT2D eigenvalue weighted by molar-refractivity contribution is -0.144. The number of benzene rings is 1. The molecule has 19 heavy (non-hydrogen) atoms. The Morgan fingerprint density at radius 1 is 1.42 bits per heavy atom. The van der Waals surface area contributed by atoms with Gasteiger partial charge in [0.2, 0.25) is 5.91 Å². The zero-order chi connectivity index (χ0) is 14.4. The Morgan fingerprint density at radius 3 is 2.47 bits per heavy atom. The van der Waals surface area contributed by atoms with E-state index in [4.69, 9.17) is 17.3 Å². The van der Waals surface area contributed by atoms with Gasteiger partial charge in [0.1, 0.15) is 12.6 Å². The molecule has 5 heteroatoms. The van der Waals surface area contributed by atoms with E-state index in [9.17, 15) is 9.59 Å². The van der Waals surface area contributed by atoms with E-state index in [0.29, 0.717) is 5.56 Å². The zero-order valence-electron chi connectivity index (χ0n) is 10.7. The summed E-state index contributed by atoms with van der Waals surface area (Å²) in [6.07, 6.45) is 5.12. The Morgan fingerprint density at radius 2 is 2.00 bits per heavy atom. The van der Waals surface area contributed by atoms with Crippen molar-refractivity contribution >= 4 is 11.9 Å². The van der Waals surface area contributed by atoms with Crippen molar-refractivity contribution in [2.75, 3.05) is 13.1 Å². The van der Waals surface area contributed by atoms with Gasteiger partial charge in [-0.2, -0.15) is 0 Å². The van der Waals surface area contributed by atoms with Gasteiger partial charge in [0, 0.05) is 0 Å². The number of hydrogen-bond acceptors (Lipinski definition) is 3. The van der Waals surface area contributed by atoms with Crippen molar-refractivity contribution in [3.05, 3.63) is 35.4 Å². The molecule has 5 nitrogen and oxygen atoms in total. The Labute approximate surface area is 112 Å². The molecule has 1 amide bonds. The topological polar surface area (TPSA) is 83.6 Å². The second kappa shape index (κ2) is 6.57. The van der Waals surface area contributed by atoms with Crippen LogP contribution in [0.25, 0.3) is 0 Å². The highest BCUT2D eigenvalue weighted by Gasteiger charge is 2.23. The Hall–Kier alpha value is -2.32. The number of nitrogens with two attached hydrogens (primary N) is 1. The first-order valence-corrected chi connectivity index (χ1v) is 5.72. The number of aryl methyl sites for hydroxylation is 1. The van der Waals surface area contributed by atoms with Gasteiger partial charge in [-0.15, -0.1) is 6.42 Å². The van der Waals surface area contributed by atoms with E-state index >= 15 is 0 Å². The molecule has 1 aromatic rings. The van der Waals surface area contributed by atoms with E-state index in [2.05, 4.69) is 5.92 Å². The number of carboxylic acid groups (broad SMARTS) is 1. The lowest BCUT2D eigenvalue weighted by Crippen LogP contribution is -2.41. The van der Waals surface area contributed by atoms with Crippen LogP contribution in [0.1, 0.15) is 17.2 Å². The summed E-state index contributed by atoms with van der Waals surface area (Å²) in [6, 6.07) is 6.25. The molecule has 0 saturated carbocycles. The van der Waals surface area contributed by atoms with Crippen molar-refractivity contribution in [3.8, 4) is 12.3 Å². The molecule has 0 aliphatic carbocycles. The molecule has 0 spiro atoms. The maximum atomic E-state index is 12.1. The number of nitrogens with zero attached hydrogens (tertiary/aromatic N) is 1. The fraction of sp³-hybridized carbons (Fsp3) is 0.286. The average Bonchev–Trinajstić information content (AvgIpc) is 2.37. The maximum absolute atomic E-state index is 12.1. The number of carbonyl (C=O) groups excluding carboxylic acids is 1. The summed E-state index contributed by atoms with van der Waals surface area (Å²) in [5.41, 5.74) is 7.52. The molecule has 0 bridgehead atoms. The summed E-state index contributed by atoms with van der Waals surface area (Å²) in [7, 11) is 0. The number of terminal acetylenes is 1. The first-order valence-electron chi connectivity index (χ1n) is 5.72. The molecule has 0 aromatic heterocycles. The lowest BCUT2D eigenvalue weighted by Gasteiger charge is -2.22. The molecule has 0 fully saturated rings. The minimum absolute atomic E-state index is 0.0787. The van der Waals surface area contributed by atoms with Gasteiger partial charge in [-0.3, -0.25) is 9.59 Å². The zero-order valence-corrected chi connectivity index (χ0v) is 10.7. The first-order chi connectivity index (χ1) is 8.95. The van der Waals surface area contributed by atoms with Crippen LogP contribution in [0.4, 0.5) is 0 Å². The highest BCUT2D eigenvalue weighted by atomic mass is 16.4. The fourth-order valence-corrected chi connectivity index (χ4v) is 1.60. The normalized spacial score (nSPS) is 11.4. The Balaban J connectivity index is 2.86. The number of hydrogen-bond donors (Lipinski definition) is 2. The van der Waals surface area contributed by atoms with E-state index in [1.165, 1.54) is 0 Å². The predicted octanol–water partition coefficient (Wildman–Crippen LogP) is 0.541. The summed E-state index contributed by atoms with van der Waals surface area (Å²) in [5.74, 6) is 0.634. The molecule has 100 valence electrons. The smallest absolute Gasteiger partial charge is 0.323 e. The summed E-state index contributed by atoms with van der Waals surface area (Å²) in [5, 5.41) is 8.74. The van der Waals surface area contributed by atoms with E-state index in [1.54, 1.807) is 12.1 Å². The minimum atomic E-state index is -1.13. The highest BCUT2D eigenvalue weighted by Crippen LogP contribution is 2.14. The van der Waals surface area contributed by atoms with Gasteiger partial charge in [0.05, 0.1) is 6.54 Å². The minimum Gasteiger partial charge on any atom is -0.480 e. The fourth-order valence-electron chi connectivity index (χ4n) is 1.60. The quantitative estimate of drug-likeness (QED) is 0.757. The third kappa shape index (κ3) is 4.12. The van der Waals surface area contributed by atoms with Crippen molar-refractivity contribution in [1.82, 2.24) is 4.90 Å². The van der Waals surface area contributed by atoms with Crippen LogP contribution in [0, 0.1) is 19.3 Å². The van der Waals surface area contributed by atoms with E-state index < -0.39 is 24.5 Å². The van der Waals surface area contributed by atoms with Crippen molar-refractivity contribution in [1.29, 1.82) is 0 Å². The number of rotatable bonds is 5. The lowest BCUT2D eigenvalue weighted by atomic mass is 10.0. The standard InChI is InChI=1S/C14H16N2O3/c1-3-8-16(9-12(17)18)14(19)13(15)11-6-4-10(2)5-7-11/h1,4-7,13H,8-9,15H2,2H3,(H,17,18). The van der Waals surface area contributed by atoms with Gasteiger partial charge in [0.25, 0.3) is 0 Å². The van der Waals surface area contributed by atoms with Gasteiger partial charge < -0.3 is 15.7 Å². The molecule has 0 radical (unpaired) electrons. The molecule has 1 aromatic carbocycles. The van der Waals surface area contributed by atoms with Crippen LogP contribution in [0.2, 0.25) is 0 Å². The van der Waals surface area contributed by atoms with Gasteiger partial charge in [-0.1, -0.05) is 35.7 Å². The molecule has 0 aliphatic rings. The summed E-state index contributed by atoms with van der Waals surface area (Å²) in [6.45, 7) is 1.39. The van der Waals surface area contributed by atoms with Crippen LogP contribution in [0.5, 0.6) is 0 Å². The van der Waals surface area contributed by atoms with E-state index in [1.807, 2.05) is 19.1 Å². The second-order valence-corrected chi connectivity index (χ2v) is 4.18. The Bertz CT molecular complexity index is 502. The van der Waals surface area contributed by atoms with Gasteiger partial charge in [-0.25, -0.2) is 0 Å². The molecular formula is C14H16N2O3. The van der Waals surface area contributed by atoms with Gasteiger partial charge in [-0.05, 0) is 12.5 Å². The third-order valence-corrected chi connectivity index (χ3v) is 2.62. The van der Waals surface area contributed by atoms with Crippen molar-refractivity contribution in [2.24, 2.45) is 5.73 Å². The summed E-state index contributed by atoms with van der Waals surface area (Å²) >= 11 is 0. The maximum Gasteiger partial charge on any atom is 0.323 e. The van der Waals surface area contributed by atoms with Crippen molar-refractivity contribution in [2.45, 2.75) is 13.0 Å². The molecule has 0 heterocycles. The first kappa shape index (κ1) is 14.7. The monoisotopic (exact) mass is 260 g/mol. The average molecular weight is 260 g/mol. The highest BCUT2D eigenvalue weighted by molar-refractivity contribution is 5.86. The molecule has 0 aliphatic heterocycles. The summed E-state index contributed by atoms with van der Waals surface area (Å²) in [4.78, 5) is 23.8. The number of carbonyl (C=O) groups is 2. The molecule has 3 N–H and O–H groups in total. The van der Waals surface area contributed by atoms with Crippen molar-refractivity contribution < 1.29 is 14.7 Å². The number of aliphatic carboxylic acids is 1. The van der Waals surface area contributed by atoms with Crippen LogP contribution in [0.3, 0.4) is 0 Å². The second-order valence-electron chi connectivity index (χ2n) is 4.18. The van der Waals surface area contributed by atoms with E-state index in [0.717, 1.165) is 10.5 Å². The summed E-state index contributed by atoms with van der Waals surface area (Å²) < 4.78 is 0. The largest absolute Gasteiger partial charge is 0.480 e. The molecule has 1 rings (SSSR count). The molecular weight excluding hydrogens is 244 g/mol. The van der Waals surface area contributed by atoms with Crippen LogP contribution >= 0.6 is 0 Å². The molecule has 0 saturated heterocycles. The van der Waals surface area contributed by atoms with Crippen LogP contribution in [-0.2, 0) is 9.59 Å². The molecule has 1 unspecified atom stereocenters. The van der Waals surface area contributed by atoms with Gasteiger partial charge >= 0.3 is 5.97 Å². The molecule has 1 atom stereocenters. The predicted molar refractivity (Wildman–Crippen MR) is 71.2 cm³/mol. The van der Waals surface area contributed by atoms with Crippen LogP contribution in [0.15, 0.2) is 24.3 Å². The Kier molecular flexibility index (Phi) is 5.10. The number of carboxylic acids is 1. The number of amides is 1. The van der Waals surface area contributed by atoms with Crippen LogP contribution < -0.4 is 5.73 Å². The third-order valence-electron chi connectivity index (χ3n) is 2.62. The van der Waals surface area contributed by atoms with Crippen molar-refractivity contribution in [3.63, 3.8) is 0 Å². The van der Waals surface area contributed by atoms with Gasteiger partial charge in [0.15, 0.2) is 0 Å².